The maximum Gasteiger partial charge on any atom is 0.114 e. The van der Waals surface area contributed by atoms with Crippen LogP contribution in [-0.4, -0.2) is 21.5 Å². The molecule has 0 atom stereocenters. The van der Waals surface area contributed by atoms with E-state index in [1.54, 1.807) is 12.4 Å². The van der Waals surface area contributed by atoms with Crippen molar-refractivity contribution in [1.29, 1.82) is 0 Å². The first kappa shape index (κ1) is 15.8. The molecule has 0 amide bonds. The monoisotopic (exact) mass is 330 g/mol. The summed E-state index contributed by atoms with van der Waals surface area (Å²) in [5.74, 6) is 0.910. The highest BCUT2D eigenvalue weighted by molar-refractivity contribution is 5.80. The molecule has 4 heteroatoms. The average Bonchev–Trinajstić information content (AvgIpc) is 3.29. The van der Waals surface area contributed by atoms with Crippen molar-refractivity contribution >= 4 is 6.08 Å². The second-order valence-corrected chi connectivity index (χ2v) is 7.15. The van der Waals surface area contributed by atoms with Crippen molar-refractivity contribution in [2.45, 2.75) is 25.7 Å². The summed E-state index contributed by atoms with van der Waals surface area (Å²) in [7, 11) is 0. The van der Waals surface area contributed by atoms with Gasteiger partial charge < -0.3 is 10.7 Å². The van der Waals surface area contributed by atoms with Crippen LogP contribution in [0.15, 0.2) is 48.8 Å². The molecule has 0 saturated heterocycles. The zero-order valence-electron chi connectivity index (χ0n) is 14.6. The minimum absolute atomic E-state index is 0.212. The van der Waals surface area contributed by atoms with E-state index >= 15 is 0 Å². The standard InChI is InChI=1S/C21H22N4/c1-21(2,13-22)20-24-18(15-8-10-23-11-9-15)19(25-20)17-7-6-14-4-3-5-16(14)12-17/h3,5-12H,4,13,22H2,1-2H3,(H,24,25). The van der Waals surface area contributed by atoms with Gasteiger partial charge in [-0.15, -0.1) is 0 Å². The summed E-state index contributed by atoms with van der Waals surface area (Å²) < 4.78 is 0. The van der Waals surface area contributed by atoms with Gasteiger partial charge in [-0.3, -0.25) is 4.98 Å². The second kappa shape index (κ2) is 5.97. The zero-order chi connectivity index (χ0) is 17.4. The van der Waals surface area contributed by atoms with Crippen LogP contribution in [0.4, 0.5) is 0 Å². The Morgan fingerprint density at radius 3 is 2.68 bits per heavy atom. The van der Waals surface area contributed by atoms with E-state index in [0.717, 1.165) is 34.8 Å². The molecule has 3 aromatic rings. The van der Waals surface area contributed by atoms with Crippen LogP contribution in [-0.2, 0) is 11.8 Å². The molecule has 0 spiro atoms. The molecule has 0 bridgehead atoms. The van der Waals surface area contributed by atoms with Crippen molar-refractivity contribution in [3.63, 3.8) is 0 Å². The van der Waals surface area contributed by atoms with E-state index in [2.05, 4.69) is 54.2 Å². The summed E-state index contributed by atoms with van der Waals surface area (Å²) in [5.41, 5.74) is 12.6. The number of pyridine rings is 1. The molecule has 25 heavy (non-hydrogen) atoms. The largest absolute Gasteiger partial charge is 0.341 e. The van der Waals surface area contributed by atoms with Crippen LogP contribution < -0.4 is 5.73 Å². The lowest BCUT2D eigenvalue weighted by atomic mass is 9.93. The van der Waals surface area contributed by atoms with Crippen molar-refractivity contribution in [2.75, 3.05) is 6.54 Å². The number of rotatable bonds is 4. The first-order chi connectivity index (χ1) is 12.1. The van der Waals surface area contributed by atoms with E-state index in [4.69, 9.17) is 10.7 Å². The highest BCUT2D eigenvalue weighted by Gasteiger charge is 2.25. The van der Waals surface area contributed by atoms with Crippen molar-refractivity contribution in [3.8, 4) is 22.5 Å². The topological polar surface area (TPSA) is 67.6 Å². The number of hydrogen-bond donors (Lipinski definition) is 2. The number of benzene rings is 1. The number of nitrogens with two attached hydrogens (primary N) is 1. The van der Waals surface area contributed by atoms with Crippen LogP contribution in [0.3, 0.4) is 0 Å². The maximum absolute atomic E-state index is 5.97. The maximum atomic E-state index is 5.97. The van der Waals surface area contributed by atoms with E-state index in [9.17, 15) is 0 Å². The first-order valence-electron chi connectivity index (χ1n) is 8.59. The van der Waals surface area contributed by atoms with Gasteiger partial charge >= 0.3 is 0 Å². The Hall–Kier alpha value is -2.72. The third kappa shape index (κ3) is 2.79. The minimum atomic E-state index is -0.212. The van der Waals surface area contributed by atoms with Crippen molar-refractivity contribution in [1.82, 2.24) is 15.0 Å². The van der Waals surface area contributed by atoms with Gasteiger partial charge in [-0.2, -0.15) is 0 Å². The van der Waals surface area contributed by atoms with Crippen molar-refractivity contribution in [3.05, 3.63) is 65.8 Å². The smallest absolute Gasteiger partial charge is 0.114 e. The molecular formula is C21H22N4. The summed E-state index contributed by atoms with van der Waals surface area (Å²) in [5, 5.41) is 0. The van der Waals surface area contributed by atoms with Gasteiger partial charge in [0.1, 0.15) is 5.82 Å². The fourth-order valence-electron chi connectivity index (χ4n) is 3.12. The van der Waals surface area contributed by atoms with Gasteiger partial charge in [-0.05, 0) is 35.7 Å². The fourth-order valence-corrected chi connectivity index (χ4v) is 3.12. The molecule has 126 valence electrons. The quantitative estimate of drug-likeness (QED) is 0.761. The fraction of sp³-hybridized carbons (Fsp3) is 0.238. The zero-order valence-corrected chi connectivity index (χ0v) is 14.6. The van der Waals surface area contributed by atoms with E-state index in [1.807, 2.05) is 12.1 Å². The average molecular weight is 330 g/mol. The van der Waals surface area contributed by atoms with Crippen LogP contribution in [0.1, 0.15) is 30.8 Å². The second-order valence-electron chi connectivity index (χ2n) is 7.15. The molecule has 1 aromatic carbocycles. The molecule has 1 aliphatic carbocycles. The normalized spacial score (nSPS) is 13.2. The number of H-pyrrole nitrogens is 1. The molecule has 2 heterocycles. The first-order valence-corrected chi connectivity index (χ1v) is 8.59. The molecule has 0 saturated carbocycles. The SMILES string of the molecule is CC(C)(CN)c1nc(-c2ccc3c(c2)C=CC3)c(-c2ccncc2)[nH]1. The summed E-state index contributed by atoms with van der Waals surface area (Å²) in [6, 6.07) is 10.6. The molecule has 3 N–H and O–H groups in total. The van der Waals surface area contributed by atoms with Crippen molar-refractivity contribution in [2.24, 2.45) is 5.73 Å². The van der Waals surface area contributed by atoms with Crippen LogP contribution in [0.5, 0.6) is 0 Å². The molecule has 0 unspecified atom stereocenters. The summed E-state index contributed by atoms with van der Waals surface area (Å²) in [4.78, 5) is 12.6. The Morgan fingerprint density at radius 1 is 1.12 bits per heavy atom. The van der Waals surface area contributed by atoms with Crippen LogP contribution in [0, 0.1) is 0 Å². The number of nitrogens with zero attached hydrogens (tertiary/aromatic N) is 2. The van der Waals surface area contributed by atoms with E-state index < -0.39 is 0 Å². The number of allylic oxidation sites excluding steroid dienone is 1. The Labute approximate surface area is 147 Å². The lowest BCUT2D eigenvalue weighted by molar-refractivity contribution is 0.508. The van der Waals surface area contributed by atoms with Crippen LogP contribution in [0.25, 0.3) is 28.6 Å². The predicted octanol–water partition coefficient (Wildman–Crippen LogP) is 3.94. The lowest BCUT2D eigenvalue weighted by Crippen LogP contribution is -2.29. The molecule has 1 aliphatic rings. The van der Waals surface area contributed by atoms with E-state index in [0.29, 0.717) is 6.54 Å². The molecule has 4 nitrogen and oxygen atoms in total. The van der Waals surface area contributed by atoms with Crippen LogP contribution >= 0.6 is 0 Å². The molecule has 4 rings (SSSR count). The Balaban J connectivity index is 1.90. The highest BCUT2D eigenvalue weighted by atomic mass is 15.0. The van der Waals surface area contributed by atoms with Gasteiger partial charge in [-0.25, -0.2) is 4.98 Å². The van der Waals surface area contributed by atoms with Gasteiger partial charge in [0.25, 0.3) is 0 Å². The Bertz CT molecular complexity index is 936. The van der Waals surface area contributed by atoms with Crippen molar-refractivity contribution < 1.29 is 0 Å². The number of imidazole rings is 1. The third-order valence-corrected chi connectivity index (χ3v) is 4.88. The minimum Gasteiger partial charge on any atom is -0.341 e. The number of fused-ring (bicyclic) bond motifs is 1. The number of aromatic amines is 1. The van der Waals surface area contributed by atoms with E-state index in [-0.39, 0.29) is 5.41 Å². The van der Waals surface area contributed by atoms with Gasteiger partial charge in [0.15, 0.2) is 0 Å². The van der Waals surface area contributed by atoms with Gasteiger partial charge in [0.05, 0.1) is 11.4 Å². The van der Waals surface area contributed by atoms with Gasteiger partial charge in [0, 0.05) is 35.5 Å². The predicted molar refractivity (Wildman–Crippen MR) is 102 cm³/mol. The summed E-state index contributed by atoms with van der Waals surface area (Å²) in [6.07, 6.45) is 9.01. The Kier molecular flexibility index (Phi) is 3.77. The molecule has 2 aromatic heterocycles. The highest BCUT2D eigenvalue weighted by Crippen LogP contribution is 2.34. The molecular weight excluding hydrogens is 308 g/mol. The summed E-state index contributed by atoms with van der Waals surface area (Å²) in [6.45, 7) is 4.75. The van der Waals surface area contributed by atoms with Gasteiger partial charge in [0.2, 0.25) is 0 Å². The lowest BCUT2D eigenvalue weighted by Gasteiger charge is -2.18. The van der Waals surface area contributed by atoms with Gasteiger partial charge in [-0.1, -0.05) is 38.1 Å². The van der Waals surface area contributed by atoms with Crippen LogP contribution in [0.2, 0.25) is 0 Å². The number of nitrogens with one attached hydrogen (secondary N) is 1. The molecule has 0 fully saturated rings. The van der Waals surface area contributed by atoms with E-state index in [1.165, 1.54) is 11.1 Å². The summed E-state index contributed by atoms with van der Waals surface area (Å²) >= 11 is 0. The third-order valence-electron chi connectivity index (χ3n) is 4.88. The molecule has 0 radical (unpaired) electrons. The number of aromatic nitrogens is 3. The molecule has 0 aliphatic heterocycles. The Morgan fingerprint density at radius 2 is 1.92 bits per heavy atom. The number of hydrogen-bond acceptors (Lipinski definition) is 3.